The molecule has 1 heterocycles. The van der Waals surface area contributed by atoms with Gasteiger partial charge in [0.05, 0.1) is 0 Å². The van der Waals surface area contributed by atoms with Gasteiger partial charge in [0.25, 0.3) is 0 Å². The van der Waals surface area contributed by atoms with Gasteiger partial charge in [-0.15, -0.1) is 0 Å². The second kappa shape index (κ2) is 5.31. The fourth-order valence-electron chi connectivity index (χ4n) is 2.79. The van der Waals surface area contributed by atoms with Crippen molar-refractivity contribution >= 4 is 5.69 Å². The maximum Gasteiger partial charge on any atom is 0.0369 e. The molecule has 18 heavy (non-hydrogen) atoms. The highest BCUT2D eigenvalue weighted by Gasteiger charge is 2.27. The SMILES string of the molecule is Cc1ccc(N2CC(N)CC(C(C)C)C2)cc1C. The van der Waals surface area contributed by atoms with Gasteiger partial charge in [0.1, 0.15) is 0 Å². The number of piperidine rings is 1. The van der Waals surface area contributed by atoms with Gasteiger partial charge in [-0.2, -0.15) is 0 Å². The van der Waals surface area contributed by atoms with Gasteiger partial charge >= 0.3 is 0 Å². The van der Waals surface area contributed by atoms with Crippen molar-refractivity contribution < 1.29 is 0 Å². The Hall–Kier alpha value is -1.02. The lowest BCUT2D eigenvalue weighted by atomic mass is 9.85. The van der Waals surface area contributed by atoms with Gasteiger partial charge in [-0.3, -0.25) is 0 Å². The summed E-state index contributed by atoms with van der Waals surface area (Å²) in [6.45, 7) is 11.1. The summed E-state index contributed by atoms with van der Waals surface area (Å²) in [5, 5.41) is 0. The fourth-order valence-corrected chi connectivity index (χ4v) is 2.79. The fraction of sp³-hybridized carbons (Fsp3) is 0.625. The monoisotopic (exact) mass is 246 g/mol. The van der Waals surface area contributed by atoms with E-state index in [0.717, 1.165) is 19.0 Å². The molecular formula is C16H26N2. The summed E-state index contributed by atoms with van der Waals surface area (Å²) < 4.78 is 0. The Morgan fingerprint density at radius 2 is 1.89 bits per heavy atom. The minimum Gasteiger partial charge on any atom is -0.370 e. The van der Waals surface area contributed by atoms with Crippen LogP contribution in [0.1, 0.15) is 31.4 Å². The van der Waals surface area contributed by atoms with Crippen LogP contribution in [0.25, 0.3) is 0 Å². The highest BCUT2D eigenvalue weighted by Crippen LogP contribution is 2.28. The van der Waals surface area contributed by atoms with Gasteiger partial charge in [0.2, 0.25) is 0 Å². The maximum absolute atomic E-state index is 6.22. The molecule has 2 nitrogen and oxygen atoms in total. The number of anilines is 1. The molecule has 0 radical (unpaired) electrons. The first-order valence-electron chi connectivity index (χ1n) is 7.05. The highest BCUT2D eigenvalue weighted by molar-refractivity contribution is 5.51. The smallest absolute Gasteiger partial charge is 0.0369 e. The molecule has 100 valence electrons. The predicted octanol–water partition coefficient (Wildman–Crippen LogP) is 3.11. The van der Waals surface area contributed by atoms with E-state index in [0.29, 0.717) is 12.0 Å². The van der Waals surface area contributed by atoms with Crippen LogP contribution in [0.4, 0.5) is 5.69 Å². The Balaban J connectivity index is 2.18. The molecule has 1 aliphatic heterocycles. The molecule has 2 rings (SSSR count). The minimum atomic E-state index is 0.313. The quantitative estimate of drug-likeness (QED) is 0.869. The summed E-state index contributed by atoms with van der Waals surface area (Å²) in [7, 11) is 0. The lowest BCUT2D eigenvalue weighted by Crippen LogP contribution is -2.48. The zero-order valence-corrected chi connectivity index (χ0v) is 12.1. The van der Waals surface area contributed by atoms with Crippen molar-refractivity contribution in [2.24, 2.45) is 17.6 Å². The van der Waals surface area contributed by atoms with E-state index in [1.54, 1.807) is 0 Å². The summed E-state index contributed by atoms with van der Waals surface area (Å²) >= 11 is 0. The van der Waals surface area contributed by atoms with Crippen molar-refractivity contribution in [3.63, 3.8) is 0 Å². The van der Waals surface area contributed by atoms with Crippen LogP contribution in [-0.2, 0) is 0 Å². The van der Waals surface area contributed by atoms with Crippen molar-refractivity contribution in [3.8, 4) is 0 Å². The van der Waals surface area contributed by atoms with E-state index >= 15 is 0 Å². The molecule has 2 N–H and O–H groups in total. The average molecular weight is 246 g/mol. The topological polar surface area (TPSA) is 29.3 Å². The van der Waals surface area contributed by atoms with Crippen molar-refractivity contribution in [2.45, 2.75) is 40.2 Å². The normalized spacial score (nSPS) is 24.7. The molecule has 2 heteroatoms. The predicted molar refractivity (Wildman–Crippen MR) is 79.0 cm³/mol. The van der Waals surface area contributed by atoms with Gasteiger partial charge in [-0.05, 0) is 55.4 Å². The lowest BCUT2D eigenvalue weighted by molar-refractivity contribution is 0.298. The number of hydrogen-bond donors (Lipinski definition) is 1. The Morgan fingerprint density at radius 1 is 1.17 bits per heavy atom. The molecule has 1 aliphatic rings. The van der Waals surface area contributed by atoms with Crippen LogP contribution in [0.2, 0.25) is 0 Å². The molecule has 0 bridgehead atoms. The van der Waals surface area contributed by atoms with E-state index in [1.165, 1.54) is 23.2 Å². The summed E-state index contributed by atoms with van der Waals surface area (Å²) in [6, 6.07) is 7.06. The van der Waals surface area contributed by atoms with Gasteiger partial charge in [-0.25, -0.2) is 0 Å². The standard InChI is InChI=1S/C16H26N2/c1-11(2)14-8-15(17)10-18(9-14)16-6-5-12(3)13(4)7-16/h5-7,11,14-15H,8-10,17H2,1-4H3. The molecular weight excluding hydrogens is 220 g/mol. The molecule has 0 aliphatic carbocycles. The molecule has 0 spiro atoms. The van der Waals surface area contributed by atoms with Crippen LogP contribution < -0.4 is 10.6 Å². The maximum atomic E-state index is 6.22. The summed E-state index contributed by atoms with van der Waals surface area (Å²) in [5.41, 5.74) is 10.3. The van der Waals surface area contributed by atoms with Crippen molar-refractivity contribution in [1.82, 2.24) is 0 Å². The van der Waals surface area contributed by atoms with Crippen LogP contribution in [0.5, 0.6) is 0 Å². The van der Waals surface area contributed by atoms with Gasteiger partial charge < -0.3 is 10.6 Å². The molecule has 2 atom stereocenters. The first-order valence-corrected chi connectivity index (χ1v) is 7.05. The number of nitrogens with two attached hydrogens (primary N) is 1. The van der Waals surface area contributed by atoms with Gasteiger partial charge in [0, 0.05) is 24.8 Å². The van der Waals surface area contributed by atoms with Crippen LogP contribution >= 0.6 is 0 Å². The van der Waals surface area contributed by atoms with E-state index in [9.17, 15) is 0 Å². The first kappa shape index (κ1) is 13.4. The molecule has 1 aromatic carbocycles. The third-order valence-corrected chi connectivity index (χ3v) is 4.31. The van der Waals surface area contributed by atoms with Crippen LogP contribution in [0.15, 0.2) is 18.2 Å². The van der Waals surface area contributed by atoms with E-state index in [2.05, 4.69) is 50.8 Å². The largest absolute Gasteiger partial charge is 0.370 e. The third-order valence-electron chi connectivity index (χ3n) is 4.31. The number of hydrogen-bond acceptors (Lipinski definition) is 2. The second-order valence-electron chi connectivity index (χ2n) is 6.17. The average Bonchev–Trinajstić information content (AvgIpc) is 2.31. The molecule has 1 saturated heterocycles. The molecule has 1 aromatic rings. The van der Waals surface area contributed by atoms with Crippen LogP contribution in [0, 0.1) is 25.7 Å². The summed E-state index contributed by atoms with van der Waals surface area (Å²) in [5.74, 6) is 1.43. The number of benzene rings is 1. The molecule has 1 fully saturated rings. The highest BCUT2D eigenvalue weighted by atomic mass is 15.2. The Morgan fingerprint density at radius 3 is 2.50 bits per heavy atom. The van der Waals surface area contributed by atoms with E-state index < -0.39 is 0 Å². The van der Waals surface area contributed by atoms with Crippen molar-refractivity contribution in [1.29, 1.82) is 0 Å². The first-order chi connectivity index (χ1) is 8.47. The van der Waals surface area contributed by atoms with E-state index in [4.69, 9.17) is 5.73 Å². The van der Waals surface area contributed by atoms with Crippen LogP contribution in [0.3, 0.4) is 0 Å². The number of nitrogens with zero attached hydrogens (tertiary/aromatic N) is 1. The molecule has 0 saturated carbocycles. The van der Waals surface area contributed by atoms with Crippen molar-refractivity contribution in [2.75, 3.05) is 18.0 Å². The third kappa shape index (κ3) is 2.86. The van der Waals surface area contributed by atoms with E-state index in [-0.39, 0.29) is 0 Å². The zero-order chi connectivity index (χ0) is 13.3. The Kier molecular flexibility index (Phi) is 3.96. The molecule has 0 aromatic heterocycles. The lowest BCUT2D eigenvalue weighted by Gasteiger charge is -2.39. The number of rotatable bonds is 2. The summed E-state index contributed by atoms with van der Waals surface area (Å²) in [6.07, 6.45) is 1.17. The number of aryl methyl sites for hydroxylation is 2. The van der Waals surface area contributed by atoms with Crippen LogP contribution in [-0.4, -0.2) is 19.1 Å². The Labute approximate surface area is 111 Å². The molecule has 2 unspecified atom stereocenters. The van der Waals surface area contributed by atoms with E-state index in [1.807, 2.05) is 0 Å². The second-order valence-corrected chi connectivity index (χ2v) is 6.17. The van der Waals surface area contributed by atoms with Crippen molar-refractivity contribution in [3.05, 3.63) is 29.3 Å². The Bertz CT molecular complexity index is 412. The van der Waals surface area contributed by atoms with Gasteiger partial charge in [-0.1, -0.05) is 19.9 Å². The van der Waals surface area contributed by atoms with Gasteiger partial charge in [0.15, 0.2) is 0 Å². The minimum absolute atomic E-state index is 0.313. The summed E-state index contributed by atoms with van der Waals surface area (Å²) in [4.78, 5) is 2.46. The molecule has 0 amide bonds. The zero-order valence-electron chi connectivity index (χ0n) is 12.1.